The first kappa shape index (κ1) is 17.5. The lowest BCUT2D eigenvalue weighted by molar-refractivity contribution is -0.117. The van der Waals surface area contributed by atoms with E-state index in [-0.39, 0.29) is 22.9 Å². The van der Waals surface area contributed by atoms with Crippen molar-refractivity contribution in [2.45, 2.75) is 70.9 Å². The lowest BCUT2D eigenvalue weighted by atomic mass is 9.92. The molecule has 5 nitrogen and oxygen atoms in total. The molecule has 6 heteroatoms. The Morgan fingerprint density at radius 3 is 2.65 bits per heavy atom. The Bertz CT molecular complexity index is 873. The fourth-order valence-corrected chi connectivity index (χ4v) is 3.66. The summed E-state index contributed by atoms with van der Waals surface area (Å²) < 4.78 is 17.1. The van der Waals surface area contributed by atoms with Crippen LogP contribution in [0.5, 0.6) is 0 Å². The quantitative estimate of drug-likeness (QED) is 0.838. The highest BCUT2D eigenvalue weighted by Crippen LogP contribution is 2.48. The number of hydrogen-bond donors (Lipinski definition) is 2. The van der Waals surface area contributed by atoms with Crippen LogP contribution in [0.2, 0.25) is 0 Å². The molecule has 2 N–H and O–H groups in total. The van der Waals surface area contributed by atoms with Crippen LogP contribution in [0.15, 0.2) is 12.1 Å². The van der Waals surface area contributed by atoms with Crippen LogP contribution in [0, 0.1) is 11.2 Å². The molecule has 0 saturated heterocycles. The van der Waals surface area contributed by atoms with Gasteiger partial charge in [0.2, 0.25) is 11.9 Å². The predicted octanol–water partition coefficient (Wildman–Crippen LogP) is 4.26. The topological polar surface area (TPSA) is 67.2 Å². The van der Waals surface area contributed by atoms with E-state index in [1.165, 1.54) is 0 Å². The summed E-state index contributed by atoms with van der Waals surface area (Å²) in [6.45, 7) is 5.25. The van der Waals surface area contributed by atoms with Crippen LogP contribution in [-0.4, -0.2) is 20.6 Å². The summed E-state index contributed by atoms with van der Waals surface area (Å²) in [5, 5.41) is 13.2. The van der Waals surface area contributed by atoms with Gasteiger partial charge in [0, 0.05) is 18.0 Å². The number of amides is 1. The normalized spacial score (nSPS) is 19.4. The number of fused-ring (bicyclic) bond motifs is 1. The number of benzene rings is 1. The molecule has 140 valence electrons. The van der Waals surface area contributed by atoms with E-state index < -0.39 is 11.4 Å². The number of imidazole rings is 1. The van der Waals surface area contributed by atoms with Gasteiger partial charge in [-0.25, -0.2) is 9.37 Å². The van der Waals surface area contributed by atoms with Gasteiger partial charge < -0.3 is 9.67 Å². The van der Waals surface area contributed by atoms with Crippen molar-refractivity contribution in [2.24, 2.45) is 5.41 Å². The molecule has 2 fully saturated rings. The van der Waals surface area contributed by atoms with Gasteiger partial charge in [0.25, 0.3) is 0 Å². The van der Waals surface area contributed by atoms with Crippen molar-refractivity contribution in [3.63, 3.8) is 0 Å². The van der Waals surface area contributed by atoms with Gasteiger partial charge in [0.05, 0.1) is 11.1 Å². The second-order valence-corrected chi connectivity index (χ2v) is 8.78. The van der Waals surface area contributed by atoms with Gasteiger partial charge in [0.15, 0.2) is 5.82 Å². The minimum atomic E-state index is -1.28. The van der Waals surface area contributed by atoms with Crippen LogP contribution in [0.1, 0.15) is 70.9 Å². The lowest BCUT2D eigenvalue weighted by Crippen LogP contribution is -2.24. The maximum absolute atomic E-state index is 15.2. The van der Waals surface area contributed by atoms with Crippen molar-refractivity contribution >= 4 is 22.9 Å². The number of aliphatic hydroxyl groups is 1. The molecule has 0 unspecified atom stereocenters. The Morgan fingerprint density at radius 1 is 1.42 bits per heavy atom. The third kappa shape index (κ3) is 3.00. The van der Waals surface area contributed by atoms with Gasteiger partial charge >= 0.3 is 0 Å². The second-order valence-electron chi connectivity index (χ2n) is 8.78. The van der Waals surface area contributed by atoms with Gasteiger partial charge in [-0.05, 0) is 57.4 Å². The third-order valence-electron chi connectivity index (χ3n) is 5.83. The first-order valence-electron chi connectivity index (χ1n) is 9.41. The van der Waals surface area contributed by atoms with Gasteiger partial charge in [-0.15, -0.1) is 0 Å². The monoisotopic (exact) mass is 359 g/mol. The SMILES string of the molecule is CC1(CC(=O)Nc2nc3ccc(C(C)(C)O)c(F)c3n2C2CCC2)CC1. The van der Waals surface area contributed by atoms with Crippen LogP contribution in [0.25, 0.3) is 11.0 Å². The molecule has 1 amide bonds. The number of nitrogens with one attached hydrogen (secondary N) is 1. The molecule has 1 heterocycles. The highest BCUT2D eigenvalue weighted by Gasteiger charge is 2.39. The average molecular weight is 359 g/mol. The Morgan fingerprint density at radius 2 is 2.12 bits per heavy atom. The van der Waals surface area contributed by atoms with Crippen LogP contribution in [0.4, 0.5) is 10.3 Å². The number of carbonyl (C=O) groups is 1. The van der Waals surface area contributed by atoms with E-state index in [2.05, 4.69) is 17.2 Å². The van der Waals surface area contributed by atoms with E-state index in [4.69, 9.17) is 0 Å². The summed E-state index contributed by atoms with van der Waals surface area (Å²) in [4.78, 5) is 16.9. The highest BCUT2D eigenvalue weighted by atomic mass is 19.1. The van der Waals surface area contributed by atoms with Crippen LogP contribution >= 0.6 is 0 Å². The first-order valence-corrected chi connectivity index (χ1v) is 9.41. The van der Waals surface area contributed by atoms with Crippen molar-refractivity contribution < 1.29 is 14.3 Å². The van der Waals surface area contributed by atoms with Crippen molar-refractivity contribution in [3.05, 3.63) is 23.5 Å². The zero-order valence-corrected chi connectivity index (χ0v) is 15.6. The minimum Gasteiger partial charge on any atom is -0.386 e. The molecule has 0 radical (unpaired) electrons. The number of nitrogens with zero attached hydrogens (tertiary/aromatic N) is 2. The summed E-state index contributed by atoms with van der Waals surface area (Å²) in [5.74, 6) is -0.0983. The Labute approximate surface area is 152 Å². The zero-order chi connectivity index (χ0) is 18.7. The van der Waals surface area contributed by atoms with Crippen molar-refractivity contribution in [2.75, 3.05) is 5.32 Å². The van der Waals surface area contributed by atoms with E-state index in [1.54, 1.807) is 26.0 Å². The third-order valence-corrected chi connectivity index (χ3v) is 5.83. The van der Waals surface area contributed by atoms with Gasteiger partial charge in [-0.2, -0.15) is 0 Å². The standard InChI is InChI=1S/C20H26FN3O2/c1-19(2,26)13-7-8-14-17(16(13)21)24(12-5-4-6-12)18(22-14)23-15(25)11-20(3)9-10-20/h7-8,12,26H,4-6,9-11H2,1-3H3,(H,22,23,25). The fourth-order valence-electron chi connectivity index (χ4n) is 3.66. The van der Waals surface area contributed by atoms with Crippen LogP contribution < -0.4 is 5.32 Å². The Kier molecular flexibility index (Phi) is 3.88. The highest BCUT2D eigenvalue weighted by molar-refractivity contribution is 5.92. The average Bonchev–Trinajstić information content (AvgIpc) is 3.07. The zero-order valence-electron chi connectivity index (χ0n) is 15.6. The first-order chi connectivity index (χ1) is 12.2. The van der Waals surface area contributed by atoms with Gasteiger partial charge in [-0.1, -0.05) is 13.0 Å². The molecule has 2 saturated carbocycles. The van der Waals surface area contributed by atoms with Gasteiger partial charge in [-0.3, -0.25) is 10.1 Å². The summed E-state index contributed by atoms with van der Waals surface area (Å²) in [5.41, 5.74) is -0.0420. The number of anilines is 1. The summed E-state index contributed by atoms with van der Waals surface area (Å²) in [6.07, 6.45) is 5.59. The van der Waals surface area contributed by atoms with E-state index in [0.717, 1.165) is 32.1 Å². The number of carbonyl (C=O) groups excluding carboxylic acids is 1. The Hall–Kier alpha value is -1.95. The molecule has 0 atom stereocenters. The minimum absolute atomic E-state index is 0.0657. The lowest BCUT2D eigenvalue weighted by Gasteiger charge is -2.29. The summed E-state index contributed by atoms with van der Waals surface area (Å²) >= 11 is 0. The largest absolute Gasteiger partial charge is 0.386 e. The maximum atomic E-state index is 15.2. The number of rotatable bonds is 5. The molecule has 1 aromatic carbocycles. The van der Waals surface area contributed by atoms with E-state index in [9.17, 15) is 9.90 Å². The maximum Gasteiger partial charge on any atom is 0.227 e. The molecule has 1 aromatic heterocycles. The van der Waals surface area contributed by atoms with E-state index >= 15 is 4.39 Å². The molecule has 26 heavy (non-hydrogen) atoms. The summed E-state index contributed by atoms with van der Waals surface area (Å²) in [6, 6.07) is 3.43. The van der Waals surface area contributed by atoms with Gasteiger partial charge in [0.1, 0.15) is 5.52 Å². The van der Waals surface area contributed by atoms with Crippen molar-refractivity contribution in [1.29, 1.82) is 0 Å². The number of hydrogen-bond acceptors (Lipinski definition) is 3. The molecule has 2 aromatic rings. The molecule has 0 bridgehead atoms. The number of aromatic nitrogens is 2. The summed E-state index contributed by atoms with van der Waals surface area (Å²) in [7, 11) is 0. The van der Waals surface area contributed by atoms with Crippen molar-refractivity contribution in [3.8, 4) is 0 Å². The molecule has 4 rings (SSSR count). The van der Waals surface area contributed by atoms with E-state index in [0.29, 0.717) is 23.4 Å². The second kappa shape index (κ2) is 5.78. The molecular formula is C20H26FN3O2. The van der Waals surface area contributed by atoms with Crippen LogP contribution in [-0.2, 0) is 10.4 Å². The van der Waals surface area contributed by atoms with Crippen LogP contribution in [0.3, 0.4) is 0 Å². The Balaban J connectivity index is 1.77. The fraction of sp³-hybridized carbons (Fsp3) is 0.600. The number of halogens is 1. The molecule has 0 spiro atoms. The molecule has 2 aliphatic carbocycles. The predicted molar refractivity (Wildman–Crippen MR) is 98.4 cm³/mol. The molecule has 0 aliphatic heterocycles. The molecular weight excluding hydrogens is 333 g/mol. The van der Waals surface area contributed by atoms with Crippen molar-refractivity contribution in [1.82, 2.24) is 9.55 Å². The molecule has 2 aliphatic rings. The van der Waals surface area contributed by atoms with E-state index in [1.807, 2.05) is 4.57 Å². The smallest absolute Gasteiger partial charge is 0.227 e.